The topological polar surface area (TPSA) is 17.1 Å². The standard InChI is InChI=1S/C10H13BO/c1-11-7-9-3-2-4-10(8-12)6-5-9/h2,4-6,8,11H,3,7H2,1H3. The van der Waals surface area contributed by atoms with E-state index in [1.807, 2.05) is 12.2 Å². The number of carbonyl (C=O) groups is 1. The number of aldehydes is 1. The van der Waals surface area contributed by atoms with E-state index in [4.69, 9.17) is 0 Å². The Labute approximate surface area is 74.1 Å². The summed E-state index contributed by atoms with van der Waals surface area (Å²) in [7, 11) is 1.17. The summed E-state index contributed by atoms with van der Waals surface area (Å²) in [6, 6.07) is 0. The van der Waals surface area contributed by atoms with Crippen LogP contribution in [0.25, 0.3) is 0 Å². The fraction of sp³-hybridized carbons (Fsp3) is 0.300. The molecule has 0 spiro atoms. The molecule has 0 saturated carbocycles. The molecule has 0 heterocycles. The summed E-state index contributed by atoms with van der Waals surface area (Å²) in [5.41, 5.74) is 2.17. The highest BCUT2D eigenvalue weighted by Crippen LogP contribution is 2.13. The zero-order valence-corrected chi connectivity index (χ0v) is 7.42. The number of hydrogen-bond acceptors (Lipinski definition) is 1. The zero-order valence-electron chi connectivity index (χ0n) is 7.42. The third kappa shape index (κ3) is 2.53. The minimum atomic E-state index is 0.765. The number of hydrogen-bond donors (Lipinski definition) is 0. The van der Waals surface area contributed by atoms with Gasteiger partial charge in [0.05, 0.1) is 0 Å². The van der Waals surface area contributed by atoms with Gasteiger partial charge >= 0.3 is 0 Å². The van der Waals surface area contributed by atoms with Crippen molar-refractivity contribution in [3.8, 4) is 0 Å². The molecule has 0 bridgehead atoms. The molecule has 0 amide bonds. The molecule has 0 unspecified atom stereocenters. The lowest BCUT2D eigenvalue weighted by atomic mass is 9.74. The SMILES string of the molecule is CBCC1=CC=C(C=O)C=CC1. The second kappa shape index (κ2) is 4.76. The molecule has 1 rings (SSSR count). The summed E-state index contributed by atoms with van der Waals surface area (Å²) in [5.74, 6) is 0. The van der Waals surface area contributed by atoms with E-state index < -0.39 is 0 Å². The van der Waals surface area contributed by atoms with Crippen LogP contribution in [0.5, 0.6) is 0 Å². The van der Waals surface area contributed by atoms with Crippen LogP contribution in [0, 0.1) is 0 Å². The van der Waals surface area contributed by atoms with Gasteiger partial charge in [0.15, 0.2) is 0 Å². The van der Waals surface area contributed by atoms with E-state index in [-0.39, 0.29) is 0 Å². The van der Waals surface area contributed by atoms with Crippen LogP contribution >= 0.6 is 0 Å². The van der Waals surface area contributed by atoms with E-state index in [2.05, 4.69) is 19.0 Å². The van der Waals surface area contributed by atoms with Crippen LogP contribution in [-0.2, 0) is 4.79 Å². The van der Waals surface area contributed by atoms with Gasteiger partial charge in [-0.2, -0.15) is 0 Å². The molecule has 0 saturated heterocycles. The zero-order chi connectivity index (χ0) is 8.81. The molecule has 1 nitrogen and oxygen atoms in total. The second-order valence-corrected chi connectivity index (χ2v) is 2.97. The van der Waals surface area contributed by atoms with Crippen molar-refractivity contribution in [3.63, 3.8) is 0 Å². The minimum absolute atomic E-state index is 0.765. The third-order valence-corrected chi connectivity index (χ3v) is 1.91. The average molecular weight is 160 g/mol. The summed E-state index contributed by atoms with van der Waals surface area (Å²) in [5, 5.41) is 0. The van der Waals surface area contributed by atoms with E-state index in [9.17, 15) is 4.79 Å². The van der Waals surface area contributed by atoms with Gasteiger partial charge in [0, 0.05) is 5.57 Å². The monoisotopic (exact) mass is 160 g/mol. The predicted octanol–water partition coefficient (Wildman–Crippen LogP) is 1.90. The molecule has 0 radical (unpaired) electrons. The number of rotatable bonds is 3. The summed E-state index contributed by atoms with van der Waals surface area (Å²) >= 11 is 0. The first-order valence-electron chi connectivity index (χ1n) is 4.38. The van der Waals surface area contributed by atoms with E-state index in [1.54, 1.807) is 0 Å². The van der Waals surface area contributed by atoms with Crippen molar-refractivity contribution in [2.45, 2.75) is 19.6 Å². The maximum absolute atomic E-state index is 10.4. The van der Waals surface area contributed by atoms with Crippen LogP contribution in [0.1, 0.15) is 6.42 Å². The van der Waals surface area contributed by atoms with Crippen molar-refractivity contribution in [1.29, 1.82) is 0 Å². The average Bonchev–Trinajstić information content (AvgIpc) is 2.31. The van der Waals surface area contributed by atoms with Crippen molar-refractivity contribution in [1.82, 2.24) is 0 Å². The third-order valence-electron chi connectivity index (χ3n) is 1.91. The molecule has 0 aromatic carbocycles. The van der Waals surface area contributed by atoms with Crippen molar-refractivity contribution in [3.05, 3.63) is 35.5 Å². The van der Waals surface area contributed by atoms with E-state index in [1.165, 1.54) is 12.9 Å². The van der Waals surface area contributed by atoms with Crippen LogP contribution in [0.4, 0.5) is 0 Å². The fourth-order valence-electron chi connectivity index (χ4n) is 1.27. The van der Waals surface area contributed by atoms with Crippen LogP contribution in [0.2, 0.25) is 13.1 Å². The fourth-order valence-corrected chi connectivity index (χ4v) is 1.27. The summed E-state index contributed by atoms with van der Waals surface area (Å²) in [6.45, 7) is 2.17. The molecule has 0 aromatic rings. The Morgan fingerprint density at radius 1 is 1.58 bits per heavy atom. The Hall–Kier alpha value is -1.05. The first-order chi connectivity index (χ1) is 5.86. The Balaban J connectivity index is 2.70. The Kier molecular flexibility index (Phi) is 3.59. The molecule has 12 heavy (non-hydrogen) atoms. The first-order valence-corrected chi connectivity index (χ1v) is 4.38. The van der Waals surface area contributed by atoms with Crippen molar-refractivity contribution >= 4 is 13.6 Å². The molecule has 0 aromatic heterocycles. The van der Waals surface area contributed by atoms with Gasteiger partial charge in [0.1, 0.15) is 13.6 Å². The van der Waals surface area contributed by atoms with Gasteiger partial charge in [-0.15, -0.1) is 0 Å². The Morgan fingerprint density at radius 3 is 3.08 bits per heavy atom. The van der Waals surface area contributed by atoms with Crippen LogP contribution in [-0.4, -0.2) is 13.6 Å². The maximum Gasteiger partial charge on any atom is 0.150 e. The van der Waals surface area contributed by atoms with Gasteiger partial charge in [0.2, 0.25) is 0 Å². The highest BCUT2D eigenvalue weighted by molar-refractivity contribution is 6.34. The highest BCUT2D eigenvalue weighted by Gasteiger charge is 1.97. The largest absolute Gasteiger partial charge is 0.298 e. The quantitative estimate of drug-likeness (QED) is 0.455. The second-order valence-electron chi connectivity index (χ2n) is 2.97. The number of allylic oxidation sites excluding steroid dienone is 6. The van der Waals surface area contributed by atoms with Gasteiger partial charge in [-0.3, -0.25) is 4.79 Å². The molecule has 0 N–H and O–H groups in total. The van der Waals surface area contributed by atoms with Crippen LogP contribution in [0.15, 0.2) is 35.5 Å². The molecule has 1 aliphatic carbocycles. The van der Waals surface area contributed by atoms with E-state index in [0.29, 0.717) is 0 Å². The minimum Gasteiger partial charge on any atom is -0.298 e. The molecule has 0 atom stereocenters. The molecule has 2 heteroatoms. The van der Waals surface area contributed by atoms with Gasteiger partial charge in [0.25, 0.3) is 0 Å². The molecule has 62 valence electrons. The van der Waals surface area contributed by atoms with Gasteiger partial charge in [-0.25, -0.2) is 0 Å². The Bertz CT molecular complexity index is 249. The highest BCUT2D eigenvalue weighted by atomic mass is 16.1. The van der Waals surface area contributed by atoms with Crippen molar-refractivity contribution in [2.24, 2.45) is 0 Å². The lowest BCUT2D eigenvalue weighted by Gasteiger charge is -1.97. The van der Waals surface area contributed by atoms with Crippen molar-refractivity contribution in [2.75, 3.05) is 0 Å². The van der Waals surface area contributed by atoms with Crippen LogP contribution in [0.3, 0.4) is 0 Å². The summed E-state index contributed by atoms with van der Waals surface area (Å²) in [6.07, 6.45) is 10.9. The van der Waals surface area contributed by atoms with Gasteiger partial charge in [-0.1, -0.05) is 43.0 Å². The Morgan fingerprint density at radius 2 is 2.42 bits per heavy atom. The van der Waals surface area contributed by atoms with Crippen molar-refractivity contribution < 1.29 is 4.79 Å². The smallest absolute Gasteiger partial charge is 0.150 e. The molecular weight excluding hydrogens is 147 g/mol. The summed E-state index contributed by atoms with van der Waals surface area (Å²) < 4.78 is 0. The van der Waals surface area contributed by atoms with E-state index >= 15 is 0 Å². The van der Waals surface area contributed by atoms with E-state index in [0.717, 1.165) is 24.6 Å². The lowest BCUT2D eigenvalue weighted by molar-refractivity contribution is -0.104. The summed E-state index contributed by atoms with van der Waals surface area (Å²) in [4.78, 5) is 10.4. The van der Waals surface area contributed by atoms with Gasteiger partial charge in [-0.05, 0) is 6.42 Å². The maximum atomic E-state index is 10.4. The lowest BCUT2D eigenvalue weighted by Crippen LogP contribution is -1.85. The van der Waals surface area contributed by atoms with Gasteiger partial charge < -0.3 is 0 Å². The van der Waals surface area contributed by atoms with Crippen LogP contribution < -0.4 is 0 Å². The first kappa shape index (κ1) is 9.05. The molecule has 0 fully saturated rings. The molecule has 1 aliphatic rings. The normalized spacial score (nSPS) is 16.1. The molecule has 0 aliphatic heterocycles. The number of carbonyl (C=O) groups excluding carboxylic acids is 1. The predicted molar refractivity (Wildman–Crippen MR) is 53.8 cm³/mol. The molecular formula is C10H13BO.